The largest absolute Gasteiger partial charge is 0.423 e. The van der Waals surface area contributed by atoms with Gasteiger partial charge in [0.15, 0.2) is 0 Å². The van der Waals surface area contributed by atoms with Crippen LogP contribution in [0.5, 0.6) is 5.75 Å². The molecule has 3 rings (SSSR count). The van der Waals surface area contributed by atoms with Gasteiger partial charge in [-0.15, -0.1) is 0 Å². The van der Waals surface area contributed by atoms with Gasteiger partial charge >= 0.3 is 5.97 Å². The zero-order chi connectivity index (χ0) is 18.4. The number of hydrogen-bond donors (Lipinski definition) is 0. The van der Waals surface area contributed by atoms with Crippen LogP contribution in [0.4, 0.5) is 0 Å². The molecule has 0 unspecified atom stereocenters. The predicted molar refractivity (Wildman–Crippen MR) is 110 cm³/mol. The summed E-state index contributed by atoms with van der Waals surface area (Å²) in [5.74, 6) is 0.280. The molecule has 0 amide bonds. The van der Waals surface area contributed by atoms with Crippen LogP contribution in [0, 0.1) is 0 Å². The van der Waals surface area contributed by atoms with Crippen molar-refractivity contribution in [2.75, 3.05) is 0 Å². The molecule has 0 heterocycles. The summed E-state index contributed by atoms with van der Waals surface area (Å²) in [5.41, 5.74) is 0.917. The summed E-state index contributed by atoms with van der Waals surface area (Å²) < 4.78 is 5.68. The maximum atomic E-state index is 12.2. The number of para-hydroxylation sites is 1. The fourth-order valence-electron chi connectivity index (χ4n) is 2.68. The third-order valence-electron chi connectivity index (χ3n) is 3.75. The van der Waals surface area contributed by atoms with Crippen LogP contribution in [0.25, 0.3) is 0 Å². The SMILES string of the molecule is CC(C)=CC(=O)Oc1ccccc1P(c1ccccc1)c1ccccc1. The van der Waals surface area contributed by atoms with E-state index < -0.39 is 7.92 Å². The van der Waals surface area contributed by atoms with E-state index in [1.807, 2.05) is 68.4 Å². The highest BCUT2D eigenvalue weighted by Gasteiger charge is 2.20. The van der Waals surface area contributed by atoms with Crippen LogP contribution in [0.3, 0.4) is 0 Å². The maximum Gasteiger partial charge on any atom is 0.336 e. The molecular formula is C23H21O2P. The molecule has 0 fully saturated rings. The number of allylic oxidation sites excluding steroid dienone is 1. The highest BCUT2D eigenvalue weighted by Crippen LogP contribution is 2.36. The quantitative estimate of drug-likeness (QED) is 0.293. The molecule has 3 heteroatoms. The Labute approximate surface area is 155 Å². The lowest BCUT2D eigenvalue weighted by molar-refractivity contribution is -0.128. The first-order valence-corrected chi connectivity index (χ1v) is 9.85. The summed E-state index contributed by atoms with van der Waals surface area (Å²) in [6, 6.07) is 28.6. The van der Waals surface area contributed by atoms with E-state index in [0.29, 0.717) is 5.75 Å². The summed E-state index contributed by atoms with van der Waals surface area (Å²) in [6.45, 7) is 3.77. The van der Waals surface area contributed by atoms with Crippen molar-refractivity contribution in [1.82, 2.24) is 0 Å². The Bertz CT molecular complexity index is 858. The van der Waals surface area contributed by atoms with Gasteiger partial charge in [0.2, 0.25) is 0 Å². The number of ether oxygens (including phenoxy) is 1. The van der Waals surface area contributed by atoms with E-state index in [2.05, 4.69) is 30.3 Å². The molecular weight excluding hydrogens is 339 g/mol. The first kappa shape index (κ1) is 18.1. The van der Waals surface area contributed by atoms with Gasteiger partial charge in [0.1, 0.15) is 5.75 Å². The first-order valence-electron chi connectivity index (χ1n) is 8.51. The third-order valence-corrected chi connectivity index (χ3v) is 6.23. The number of carbonyl (C=O) groups excluding carboxylic acids is 1. The zero-order valence-electron chi connectivity index (χ0n) is 14.9. The van der Waals surface area contributed by atoms with Crippen LogP contribution in [-0.4, -0.2) is 5.97 Å². The Morgan fingerprint density at radius 2 is 1.27 bits per heavy atom. The maximum absolute atomic E-state index is 12.2. The van der Waals surface area contributed by atoms with Crippen molar-refractivity contribution < 1.29 is 9.53 Å². The molecule has 2 nitrogen and oxygen atoms in total. The van der Waals surface area contributed by atoms with Crippen LogP contribution in [-0.2, 0) is 4.79 Å². The predicted octanol–water partition coefficient (Wildman–Crippen LogP) is 4.32. The van der Waals surface area contributed by atoms with Crippen molar-refractivity contribution in [2.24, 2.45) is 0 Å². The van der Waals surface area contributed by atoms with Crippen LogP contribution < -0.4 is 20.7 Å². The minimum Gasteiger partial charge on any atom is -0.423 e. The van der Waals surface area contributed by atoms with Crippen LogP contribution in [0.2, 0.25) is 0 Å². The lowest BCUT2D eigenvalue weighted by Gasteiger charge is -2.21. The summed E-state index contributed by atoms with van der Waals surface area (Å²) >= 11 is 0. The lowest BCUT2D eigenvalue weighted by Crippen LogP contribution is -2.23. The molecule has 0 aliphatic rings. The average molecular weight is 360 g/mol. The van der Waals surface area contributed by atoms with Gasteiger partial charge in [-0.25, -0.2) is 4.79 Å². The fourth-order valence-corrected chi connectivity index (χ4v) is 5.05. The standard InChI is InChI=1S/C23H21O2P/c1-18(2)17-23(24)25-21-15-9-10-16-22(21)26(19-11-5-3-6-12-19)20-13-7-4-8-14-20/h3-17H,1-2H3. The molecule has 130 valence electrons. The number of hydrogen-bond acceptors (Lipinski definition) is 2. The number of carbonyl (C=O) groups is 1. The van der Waals surface area contributed by atoms with E-state index >= 15 is 0 Å². The Kier molecular flexibility index (Phi) is 5.99. The number of benzene rings is 3. The molecule has 0 bridgehead atoms. The lowest BCUT2D eigenvalue weighted by atomic mass is 10.3. The number of esters is 1. The summed E-state index contributed by atoms with van der Waals surface area (Å²) in [4.78, 5) is 12.2. The molecule has 26 heavy (non-hydrogen) atoms. The van der Waals surface area contributed by atoms with Crippen molar-refractivity contribution in [1.29, 1.82) is 0 Å². The van der Waals surface area contributed by atoms with Crippen LogP contribution in [0.15, 0.2) is 96.6 Å². The molecule has 0 N–H and O–H groups in total. The molecule has 0 aromatic heterocycles. The minimum atomic E-state index is -0.816. The van der Waals surface area contributed by atoms with Gasteiger partial charge in [0.05, 0.1) is 0 Å². The Morgan fingerprint density at radius 1 is 0.769 bits per heavy atom. The van der Waals surface area contributed by atoms with Gasteiger partial charge in [0.25, 0.3) is 0 Å². The van der Waals surface area contributed by atoms with Crippen molar-refractivity contribution in [3.63, 3.8) is 0 Å². The zero-order valence-corrected chi connectivity index (χ0v) is 15.8. The van der Waals surface area contributed by atoms with Gasteiger partial charge in [-0.1, -0.05) is 84.4 Å². The van der Waals surface area contributed by atoms with Crippen LogP contribution >= 0.6 is 7.92 Å². The molecule has 0 radical (unpaired) electrons. The van der Waals surface area contributed by atoms with Crippen LogP contribution in [0.1, 0.15) is 13.8 Å². The highest BCUT2D eigenvalue weighted by atomic mass is 31.1. The Balaban J connectivity index is 2.08. The number of rotatable bonds is 5. The summed E-state index contributed by atoms with van der Waals surface area (Å²) in [5, 5.41) is 3.48. The van der Waals surface area contributed by atoms with Crippen molar-refractivity contribution in [3.05, 3.63) is 96.6 Å². The molecule has 3 aromatic carbocycles. The highest BCUT2D eigenvalue weighted by molar-refractivity contribution is 7.80. The second-order valence-electron chi connectivity index (χ2n) is 6.12. The Hall–Kier alpha value is -2.70. The van der Waals surface area contributed by atoms with E-state index in [-0.39, 0.29) is 5.97 Å². The molecule has 0 atom stereocenters. The van der Waals surface area contributed by atoms with Gasteiger partial charge in [-0.05, 0) is 38.4 Å². The van der Waals surface area contributed by atoms with Gasteiger partial charge < -0.3 is 4.74 Å². The summed E-state index contributed by atoms with van der Waals surface area (Å²) in [6.07, 6.45) is 1.52. The van der Waals surface area contributed by atoms with E-state index in [0.717, 1.165) is 10.9 Å². The fraction of sp³-hybridized carbons (Fsp3) is 0.0870. The van der Waals surface area contributed by atoms with Crippen molar-refractivity contribution in [3.8, 4) is 5.75 Å². The van der Waals surface area contributed by atoms with E-state index in [4.69, 9.17) is 4.74 Å². The minimum absolute atomic E-state index is 0.339. The molecule has 0 spiro atoms. The summed E-state index contributed by atoms with van der Waals surface area (Å²) in [7, 11) is -0.816. The van der Waals surface area contributed by atoms with E-state index in [9.17, 15) is 4.79 Å². The topological polar surface area (TPSA) is 26.3 Å². The van der Waals surface area contributed by atoms with E-state index in [1.54, 1.807) is 0 Å². The smallest absolute Gasteiger partial charge is 0.336 e. The van der Waals surface area contributed by atoms with Crippen molar-refractivity contribution in [2.45, 2.75) is 13.8 Å². The second kappa shape index (κ2) is 8.60. The molecule has 0 saturated heterocycles. The van der Waals surface area contributed by atoms with Gasteiger partial charge in [-0.3, -0.25) is 0 Å². The third kappa shape index (κ3) is 4.47. The second-order valence-corrected chi connectivity index (χ2v) is 8.30. The normalized spacial score (nSPS) is 10.4. The molecule has 3 aromatic rings. The molecule has 0 aliphatic carbocycles. The van der Waals surface area contributed by atoms with Gasteiger partial charge in [0, 0.05) is 11.4 Å². The molecule has 0 aliphatic heterocycles. The van der Waals surface area contributed by atoms with Gasteiger partial charge in [-0.2, -0.15) is 0 Å². The first-order chi connectivity index (χ1) is 12.6. The monoisotopic (exact) mass is 360 g/mol. The average Bonchev–Trinajstić information content (AvgIpc) is 2.64. The van der Waals surface area contributed by atoms with Crippen molar-refractivity contribution >= 4 is 29.8 Å². The van der Waals surface area contributed by atoms with E-state index in [1.165, 1.54) is 16.7 Å². The molecule has 0 saturated carbocycles. The Morgan fingerprint density at radius 3 is 1.81 bits per heavy atom.